The molecule has 76 heavy (non-hydrogen) atoms. The molecule has 0 unspecified atom stereocenters. The Morgan fingerprint density at radius 1 is 0.355 bits per heavy atom. The number of rotatable bonds is 13. The largest absolute Gasteiger partial charge is 0.493 e. The van der Waals surface area contributed by atoms with Gasteiger partial charge in [0.2, 0.25) is 0 Å². The molecule has 0 aliphatic heterocycles. The van der Waals surface area contributed by atoms with Crippen LogP contribution in [0.25, 0.3) is 21.5 Å². The molecule has 0 aromatic heterocycles. The molecule has 2 nitrogen and oxygen atoms in total. The monoisotopic (exact) mass is 1130 g/mol. The molecular weight excluding hydrogens is 1100 g/mol. The molecule has 0 aliphatic rings. The summed E-state index contributed by atoms with van der Waals surface area (Å²) in [5.74, 6) is -64.8. The lowest BCUT2D eigenvalue weighted by Crippen LogP contribution is -2.79. The van der Waals surface area contributed by atoms with Crippen molar-refractivity contribution in [3.63, 3.8) is 0 Å². The first-order valence-electron chi connectivity index (χ1n) is 21.4. The molecule has 8 aromatic rings. The first-order valence-corrected chi connectivity index (χ1v) is 24.8. The Labute approximate surface area is 421 Å². The van der Waals surface area contributed by atoms with Crippen LogP contribution >= 0.6 is 18.5 Å². The van der Waals surface area contributed by atoms with Gasteiger partial charge in [0.05, 0.1) is 14.2 Å². The number of hydrogen-bond acceptors (Lipinski definition) is 3. The quantitative estimate of drug-likeness (QED) is 0.0496. The van der Waals surface area contributed by atoms with E-state index in [1.165, 1.54) is 32.2 Å². The third-order valence-corrected chi connectivity index (χ3v) is 17.4. The van der Waals surface area contributed by atoms with Gasteiger partial charge in [-0.2, -0.15) is 0 Å². The number of halogens is 20. The van der Waals surface area contributed by atoms with Gasteiger partial charge in [-0.25, -0.2) is 87.8 Å². The van der Waals surface area contributed by atoms with Crippen molar-refractivity contribution in [1.82, 2.24) is 0 Å². The number of alkyl halides is 8. The number of ether oxygens (including phenoxy) is 2. The lowest BCUT2D eigenvalue weighted by Gasteiger charge is -2.58. The van der Waals surface area contributed by atoms with E-state index in [4.69, 9.17) is 9.47 Å². The first kappa shape index (κ1) is 57.0. The highest BCUT2D eigenvalue weighted by Gasteiger charge is 2.86. The Kier molecular flexibility index (Phi) is 15.8. The Morgan fingerprint density at radius 3 is 0.868 bits per heavy atom. The molecule has 0 N–H and O–H groups in total. The number of hydrogen-bond donors (Lipinski definition) is 0. The van der Waals surface area contributed by atoms with E-state index < -0.39 is 177 Å². The molecule has 0 saturated heterocycles. The molecule has 8 aromatic carbocycles. The summed E-state index contributed by atoms with van der Waals surface area (Å²) in [4.78, 5) is 0. The standard InChI is InChI=1S/C28H8BF20.C23H21O2PS/c30-13-5-1-9(17(34)21(13)38)25(42,43)29(26(44,45)10-2-6-14(31)22(39)18(10)35,27(46,47)11-3-7-15(32)23(40)19(11)36)28(48,49)12-4-8-16(33)24(41)20(12)37;1-24-20-14-12-16-8-4-6-10-18(16)22(20)26(27-3)23-19-11-7-5-9-17(19)13-15-21(23)25-2/h1-8H;4-15H,1-3H3/q-1;/p+1. The molecule has 0 fully saturated rings. The van der Waals surface area contributed by atoms with Gasteiger partial charge in [0.25, 0.3) is 0 Å². The molecule has 0 heterocycles. The number of methoxy groups -OCH3 is 2. The van der Waals surface area contributed by atoms with E-state index in [2.05, 4.69) is 79.1 Å². The molecule has 0 spiro atoms. The summed E-state index contributed by atoms with van der Waals surface area (Å²) in [7, 11) is 2.31. The van der Waals surface area contributed by atoms with Crippen molar-refractivity contribution < 1.29 is 97.3 Å². The molecule has 400 valence electrons. The molecule has 0 saturated carbocycles. The lowest BCUT2D eigenvalue weighted by atomic mass is 9.08. The van der Waals surface area contributed by atoms with Crippen molar-refractivity contribution >= 4 is 56.8 Å². The number of fused-ring (bicyclic) bond motifs is 2. The zero-order chi connectivity index (χ0) is 56.2. The van der Waals surface area contributed by atoms with Crippen molar-refractivity contribution in [2.24, 2.45) is 0 Å². The van der Waals surface area contributed by atoms with Crippen LogP contribution in [0.3, 0.4) is 0 Å². The van der Waals surface area contributed by atoms with E-state index in [1.807, 2.05) is 11.4 Å². The van der Waals surface area contributed by atoms with Crippen molar-refractivity contribution in [2.45, 2.75) is 23.3 Å². The van der Waals surface area contributed by atoms with Gasteiger partial charge >= 0.3 is 6.15 Å². The Hall–Kier alpha value is -6.68. The van der Waals surface area contributed by atoms with Gasteiger partial charge < -0.3 is 9.47 Å². The fourth-order valence-electron chi connectivity index (χ4n) is 9.07. The zero-order valence-electron chi connectivity index (χ0n) is 38.4. The normalized spacial score (nSPS) is 12.6. The Morgan fingerprint density at radius 2 is 0.618 bits per heavy atom. The smallest absolute Gasteiger partial charge is 0.328 e. The van der Waals surface area contributed by atoms with Gasteiger partial charge in [0.1, 0.15) is 7.12 Å². The summed E-state index contributed by atoms with van der Waals surface area (Å²) in [5, 5.41) is 7.59. The summed E-state index contributed by atoms with van der Waals surface area (Å²) >= 11 is 1.91. The second-order valence-corrected chi connectivity index (χ2v) is 21.0. The van der Waals surface area contributed by atoms with Gasteiger partial charge in [0.15, 0.2) is 115 Å². The Bertz CT molecular complexity index is 3170. The molecular formula is C51H30BF20O2PS. The minimum atomic E-state index is -9.00. The van der Waals surface area contributed by atoms with E-state index in [1.54, 1.807) is 14.2 Å². The highest BCUT2D eigenvalue weighted by atomic mass is 32.7. The zero-order valence-corrected chi connectivity index (χ0v) is 40.2. The van der Waals surface area contributed by atoms with Crippen LogP contribution in [0.1, 0.15) is 22.3 Å². The average Bonchev–Trinajstić information content (AvgIpc) is 3.53. The van der Waals surface area contributed by atoms with Crippen LogP contribution in [0.4, 0.5) is 87.8 Å². The predicted octanol–water partition coefficient (Wildman–Crippen LogP) is 15.9. The maximum absolute atomic E-state index is 16.7. The third-order valence-electron chi connectivity index (χ3n) is 12.6. The Balaban J connectivity index is 0.000000260. The van der Waals surface area contributed by atoms with Gasteiger partial charge in [0, 0.05) is 50.7 Å². The van der Waals surface area contributed by atoms with Gasteiger partial charge in [-0.05, 0) is 47.2 Å². The molecule has 0 aliphatic carbocycles. The van der Waals surface area contributed by atoms with Crippen LogP contribution in [0, 0.1) is 69.8 Å². The molecule has 0 bridgehead atoms. The van der Waals surface area contributed by atoms with Crippen LogP contribution in [-0.2, 0) is 23.3 Å². The molecule has 8 rings (SSSR count). The second-order valence-electron chi connectivity index (χ2n) is 16.5. The SMILES string of the molecule is COc1ccc2ccccc2c1[PH+](SC)c1c(OC)ccc2ccccc12.Fc1ccc(C(F)(F)[B-](C(F)(F)c2ccc(F)c(F)c2F)(C(F)(F)c2ccc(F)c(F)c2F)C(F)(F)c2ccc(F)c(F)c2F)c(F)c1F. The van der Waals surface area contributed by atoms with Crippen molar-refractivity contribution in [2.75, 3.05) is 20.5 Å². The maximum atomic E-state index is 16.7. The second kappa shape index (κ2) is 21.0. The average molecular weight is 1130 g/mol. The fourth-order valence-corrected chi connectivity index (χ4v) is 14.0. The van der Waals surface area contributed by atoms with E-state index >= 15 is 35.1 Å². The lowest BCUT2D eigenvalue weighted by molar-refractivity contribution is -0.0917. The minimum Gasteiger partial charge on any atom is -0.493 e. The van der Waals surface area contributed by atoms with Crippen LogP contribution in [-0.4, -0.2) is 26.6 Å². The summed E-state index contributed by atoms with van der Waals surface area (Å²) in [6.45, 7) is 0. The predicted molar refractivity (Wildman–Crippen MR) is 249 cm³/mol. The summed E-state index contributed by atoms with van der Waals surface area (Å²) in [6.07, 6.45) is -6.80. The fraction of sp³-hybridized carbons (Fsp3) is 0.137. The molecule has 0 atom stereocenters. The van der Waals surface area contributed by atoms with Crippen LogP contribution < -0.4 is 20.1 Å². The summed E-state index contributed by atoms with van der Waals surface area (Å²) in [6, 6.07) is 19.2. The van der Waals surface area contributed by atoms with Gasteiger partial charge in [-0.1, -0.05) is 84.9 Å². The molecule has 0 radical (unpaired) electrons. The van der Waals surface area contributed by atoms with E-state index in [9.17, 15) is 52.7 Å². The van der Waals surface area contributed by atoms with E-state index in [0.29, 0.717) is 0 Å². The number of benzene rings is 8. The van der Waals surface area contributed by atoms with Crippen molar-refractivity contribution in [1.29, 1.82) is 0 Å². The van der Waals surface area contributed by atoms with E-state index in [-0.39, 0.29) is 0 Å². The minimum absolute atomic E-state index is 0.661. The first-order chi connectivity index (χ1) is 35.6. The van der Waals surface area contributed by atoms with Crippen molar-refractivity contribution in [3.8, 4) is 11.5 Å². The summed E-state index contributed by atoms with van der Waals surface area (Å²) < 4.78 is 316. The van der Waals surface area contributed by atoms with Crippen molar-refractivity contribution in [3.05, 3.63) is 213 Å². The molecule has 25 heteroatoms. The third kappa shape index (κ3) is 8.81. The maximum Gasteiger partial charge on any atom is 0.328 e. The highest BCUT2D eigenvalue weighted by Crippen LogP contribution is 2.68. The van der Waals surface area contributed by atoms with Gasteiger partial charge in [-0.3, -0.25) is 0 Å². The van der Waals surface area contributed by atoms with Crippen LogP contribution in [0.2, 0.25) is 0 Å². The molecule has 0 amide bonds. The summed E-state index contributed by atoms with van der Waals surface area (Å²) in [5.41, 5.74) is -13.8. The van der Waals surface area contributed by atoms with E-state index in [0.717, 1.165) is 11.5 Å². The van der Waals surface area contributed by atoms with Gasteiger partial charge in [-0.15, -0.1) is 0 Å². The topological polar surface area (TPSA) is 18.5 Å². The van der Waals surface area contributed by atoms with Crippen LogP contribution in [0.15, 0.2) is 121 Å². The van der Waals surface area contributed by atoms with Crippen LogP contribution in [0.5, 0.6) is 11.5 Å². The highest BCUT2D eigenvalue weighted by molar-refractivity contribution is 8.60.